The van der Waals surface area contributed by atoms with Crippen molar-refractivity contribution in [1.29, 1.82) is 0 Å². The van der Waals surface area contributed by atoms with Gasteiger partial charge in [0.25, 0.3) is 0 Å². The van der Waals surface area contributed by atoms with Gasteiger partial charge in [-0.15, -0.1) is 0 Å². The summed E-state index contributed by atoms with van der Waals surface area (Å²) in [5, 5.41) is 5.08. The topological polar surface area (TPSA) is 62.8 Å². The van der Waals surface area contributed by atoms with E-state index in [4.69, 9.17) is 2.74 Å². The second-order valence-electron chi connectivity index (χ2n) is 1.30. The molecule has 0 radical (unpaired) electrons. The second kappa shape index (κ2) is 2.21. The van der Waals surface area contributed by atoms with Crippen molar-refractivity contribution in [1.82, 2.24) is 10.2 Å². The fourth-order valence-electron chi connectivity index (χ4n) is 0.329. The monoisotopic (exact) mass is 126 g/mol. The number of hydrogen-bond acceptors (Lipinski definition) is 3. The molecule has 1 heterocycles. The average Bonchev–Trinajstić information content (AvgIpc) is 2.07. The molecule has 4 heteroatoms. The number of hydrogen-bond donors (Lipinski definition) is 1. The van der Waals surface area contributed by atoms with Crippen LogP contribution >= 0.6 is 0 Å². The van der Waals surface area contributed by atoms with Crippen molar-refractivity contribution in [3.63, 3.8) is 0 Å². The molecule has 0 aliphatic rings. The minimum Gasteiger partial charge on any atom is -0.284 e. The minimum atomic E-state index is -1.03. The maximum absolute atomic E-state index is 10.7. The van der Waals surface area contributed by atoms with E-state index in [0.29, 0.717) is 0 Å². The highest BCUT2D eigenvalue weighted by Gasteiger charge is 1.83. The van der Waals surface area contributed by atoms with Crippen LogP contribution in [0.3, 0.4) is 0 Å². The maximum Gasteiger partial charge on any atom is 0.311 e. The second-order valence-corrected chi connectivity index (χ2v) is 1.30. The zero-order chi connectivity index (χ0) is 8.43. The molecular formula is C5H4N2O2. The van der Waals surface area contributed by atoms with Crippen LogP contribution in [0.4, 0.5) is 0 Å². The van der Waals surface area contributed by atoms with E-state index in [1.54, 1.807) is 0 Å². The van der Waals surface area contributed by atoms with Crippen molar-refractivity contribution in [3.05, 3.63) is 38.9 Å². The molecule has 0 aliphatic heterocycles. The van der Waals surface area contributed by atoms with E-state index < -0.39 is 17.0 Å². The third kappa shape index (κ3) is 1.22. The number of rotatable bonds is 0. The minimum absolute atomic E-state index is 0.367. The number of H-pyrrole nitrogens is 1. The molecule has 0 unspecified atom stereocenters. The highest BCUT2D eigenvalue weighted by atomic mass is 16.2. The molecule has 46 valence electrons. The molecule has 0 fully saturated rings. The summed E-state index contributed by atoms with van der Waals surface area (Å²) in [6.07, 6.45) is 0.936. The molecular weight excluding hydrogens is 120 g/mol. The average molecular weight is 126 g/mol. The molecule has 0 saturated carbocycles. The Labute approximate surface area is 53.0 Å². The molecule has 0 atom stereocenters. The molecule has 0 spiro atoms. The smallest absolute Gasteiger partial charge is 0.284 e. The Bertz CT molecular complexity index is 387. The zero-order valence-electron chi connectivity index (χ0n) is 6.34. The van der Waals surface area contributed by atoms with Crippen LogP contribution < -0.4 is 11.0 Å². The predicted molar refractivity (Wildman–Crippen MR) is 31.1 cm³/mol. The SMILES string of the molecule is [2H]c1cn[nH]c(=O)c(=O)c1[2H]. The predicted octanol–water partition coefficient (Wildman–Crippen LogP) is -0.870. The van der Waals surface area contributed by atoms with Gasteiger partial charge in [0.2, 0.25) is 5.43 Å². The largest absolute Gasteiger partial charge is 0.311 e. The molecule has 1 rings (SSSR count). The van der Waals surface area contributed by atoms with Crippen molar-refractivity contribution in [2.75, 3.05) is 0 Å². The summed E-state index contributed by atoms with van der Waals surface area (Å²) in [7, 11) is 0. The summed E-state index contributed by atoms with van der Waals surface area (Å²) >= 11 is 0. The molecule has 4 nitrogen and oxygen atoms in total. The first kappa shape index (κ1) is 3.55. The van der Waals surface area contributed by atoms with E-state index in [0.717, 1.165) is 6.20 Å². The molecule has 0 amide bonds. The quantitative estimate of drug-likeness (QED) is 0.459. The highest BCUT2D eigenvalue weighted by molar-refractivity contribution is 4.87. The summed E-state index contributed by atoms with van der Waals surface area (Å²) in [5.74, 6) is 0. The van der Waals surface area contributed by atoms with E-state index in [2.05, 4.69) is 5.10 Å². The fraction of sp³-hybridized carbons (Fsp3) is 0. The summed E-state index contributed by atoms with van der Waals surface area (Å²) in [6, 6.07) is -1.00. The van der Waals surface area contributed by atoms with Gasteiger partial charge < -0.3 is 0 Å². The van der Waals surface area contributed by atoms with Crippen LogP contribution in [0.2, 0.25) is 0 Å². The molecule has 1 aromatic rings. The number of nitrogens with zero attached hydrogens (tertiary/aromatic N) is 1. The molecule has 0 aromatic carbocycles. The molecule has 0 aliphatic carbocycles. The summed E-state index contributed by atoms with van der Waals surface area (Å²) in [5.41, 5.74) is -2.01. The normalized spacial score (nSPS) is 12.0. The van der Waals surface area contributed by atoms with Crippen molar-refractivity contribution in [2.24, 2.45) is 0 Å². The van der Waals surface area contributed by atoms with E-state index in [9.17, 15) is 9.59 Å². The lowest BCUT2D eigenvalue weighted by Crippen LogP contribution is -2.22. The standard InChI is InChI=1S/C5H4N2O2/c8-4-2-1-3-6-7-5(4)9/h1-3H,(H,7,8,9)/i1D,2D. The Balaban J connectivity index is 3.77. The lowest BCUT2D eigenvalue weighted by molar-refractivity contribution is 1.00. The van der Waals surface area contributed by atoms with Gasteiger partial charge in [-0.3, -0.25) is 9.59 Å². The first-order chi connectivity index (χ1) is 5.13. The van der Waals surface area contributed by atoms with Crippen LogP contribution in [0.25, 0.3) is 0 Å². The van der Waals surface area contributed by atoms with Crippen LogP contribution in [-0.4, -0.2) is 10.2 Å². The molecule has 0 bridgehead atoms. The lowest BCUT2D eigenvalue weighted by atomic mass is 10.5. The van der Waals surface area contributed by atoms with Gasteiger partial charge in [0, 0.05) is 6.20 Å². The van der Waals surface area contributed by atoms with Gasteiger partial charge in [-0.1, -0.05) is 0 Å². The summed E-state index contributed by atoms with van der Waals surface area (Å²) < 4.78 is 13.9. The number of aromatic nitrogens is 2. The van der Waals surface area contributed by atoms with Gasteiger partial charge in [0.05, 0.1) is 2.74 Å². The van der Waals surface area contributed by atoms with Crippen molar-refractivity contribution < 1.29 is 2.74 Å². The first-order valence-electron chi connectivity index (χ1n) is 3.18. The Morgan fingerprint density at radius 2 is 2.44 bits per heavy atom. The zero-order valence-corrected chi connectivity index (χ0v) is 4.34. The van der Waals surface area contributed by atoms with E-state index >= 15 is 0 Å². The van der Waals surface area contributed by atoms with Crippen LogP contribution in [-0.2, 0) is 0 Å². The van der Waals surface area contributed by atoms with Crippen molar-refractivity contribution in [3.8, 4) is 0 Å². The molecule has 0 saturated heterocycles. The molecule has 9 heavy (non-hydrogen) atoms. The third-order valence-electron chi connectivity index (χ3n) is 0.687. The van der Waals surface area contributed by atoms with Gasteiger partial charge in [-0.2, -0.15) is 5.10 Å². The third-order valence-corrected chi connectivity index (χ3v) is 0.687. The van der Waals surface area contributed by atoms with Gasteiger partial charge in [0.1, 0.15) is 0 Å². The van der Waals surface area contributed by atoms with E-state index in [1.807, 2.05) is 5.10 Å². The molecule has 1 aromatic heterocycles. The summed E-state index contributed by atoms with van der Waals surface area (Å²) in [4.78, 5) is 21.3. The van der Waals surface area contributed by atoms with Gasteiger partial charge in [-0.25, -0.2) is 5.10 Å². The first-order valence-corrected chi connectivity index (χ1v) is 2.18. The fourth-order valence-corrected chi connectivity index (χ4v) is 0.329. The van der Waals surface area contributed by atoms with Crippen molar-refractivity contribution in [2.45, 2.75) is 0 Å². The Hall–Kier alpha value is -1.45. The highest BCUT2D eigenvalue weighted by Crippen LogP contribution is 1.58. The van der Waals surface area contributed by atoms with Crippen LogP contribution in [0.15, 0.2) is 27.9 Å². The van der Waals surface area contributed by atoms with Gasteiger partial charge >= 0.3 is 5.56 Å². The number of aromatic amines is 1. The Morgan fingerprint density at radius 1 is 1.67 bits per heavy atom. The van der Waals surface area contributed by atoms with Gasteiger partial charge in [0.15, 0.2) is 0 Å². The van der Waals surface area contributed by atoms with Crippen molar-refractivity contribution >= 4 is 0 Å². The van der Waals surface area contributed by atoms with Gasteiger partial charge in [-0.05, 0) is 12.1 Å². The van der Waals surface area contributed by atoms with Crippen LogP contribution in [0.1, 0.15) is 2.74 Å². The van der Waals surface area contributed by atoms with Crippen LogP contribution in [0.5, 0.6) is 0 Å². The summed E-state index contributed by atoms with van der Waals surface area (Å²) in [6.45, 7) is 0. The molecule has 1 N–H and O–H groups in total. The van der Waals surface area contributed by atoms with E-state index in [1.165, 1.54) is 0 Å². The van der Waals surface area contributed by atoms with Crippen LogP contribution in [0, 0.1) is 0 Å². The Kier molecular flexibility index (Phi) is 0.873. The Morgan fingerprint density at radius 3 is 3.22 bits per heavy atom. The van der Waals surface area contributed by atoms with E-state index in [-0.39, 0.29) is 6.04 Å². The maximum atomic E-state index is 10.7. The number of nitrogens with one attached hydrogen (secondary N) is 1. The lowest BCUT2D eigenvalue weighted by Gasteiger charge is -1.61.